The summed E-state index contributed by atoms with van der Waals surface area (Å²) >= 11 is 5.91. The van der Waals surface area contributed by atoms with Gasteiger partial charge in [0, 0.05) is 18.1 Å². The first-order chi connectivity index (χ1) is 8.22. The fourth-order valence-electron chi connectivity index (χ4n) is 2.18. The van der Waals surface area contributed by atoms with Crippen LogP contribution in [-0.2, 0) is 6.42 Å². The van der Waals surface area contributed by atoms with Crippen LogP contribution in [0.3, 0.4) is 0 Å². The van der Waals surface area contributed by atoms with Crippen molar-refractivity contribution in [2.45, 2.75) is 25.7 Å². The van der Waals surface area contributed by atoms with Crippen LogP contribution in [-0.4, -0.2) is 13.1 Å². The maximum absolute atomic E-state index is 13.8. The van der Waals surface area contributed by atoms with Crippen molar-refractivity contribution in [2.75, 3.05) is 18.0 Å². The van der Waals surface area contributed by atoms with Gasteiger partial charge in [-0.3, -0.25) is 0 Å². The molecule has 4 heteroatoms. The van der Waals surface area contributed by atoms with E-state index in [4.69, 9.17) is 16.9 Å². The van der Waals surface area contributed by atoms with E-state index in [-0.39, 0.29) is 12.2 Å². The lowest BCUT2D eigenvalue weighted by Crippen LogP contribution is -2.30. The standard InChI is InChI=1S/C13H14ClFN2/c14-11-9-12(15)13(8-10(11)4-5-16)17-6-2-1-3-7-17/h8-9H,1-4,6-7H2. The second kappa shape index (κ2) is 5.37. The fraction of sp³-hybridized carbons (Fsp3) is 0.462. The van der Waals surface area contributed by atoms with Gasteiger partial charge in [-0.15, -0.1) is 0 Å². The maximum atomic E-state index is 13.8. The van der Waals surface area contributed by atoms with E-state index in [1.54, 1.807) is 6.07 Å². The summed E-state index contributed by atoms with van der Waals surface area (Å²) in [5.74, 6) is -0.293. The Kier molecular flexibility index (Phi) is 3.86. The Morgan fingerprint density at radius 1 is 1.29 bits per heavy atom. The van der Waals surface area contributed by atoms with Gasteiger partial charge < -0.3 is 4.90 Å². The maximum Gasteiger partial charge on any atom is 0.147 e. The van der Waals surface area contributed by atoms with Gasteiger partial charge in [-0.05, 0) is 37.0 Å². The van der Waals surface area contributed by atoms with Crippen molar-refractivity contribution < 1.29 is 4.39 Å². The zero-order valence-electron chi connectivity index (χ0n) is 9.55. The molecule has 2 nitrogen and oxygen atoms in total. The van der Waals surface area contributed by atoms with Crippen LogP contribution in [0.2, 0.25) is 5.02 Å². The summed E-state index contributed by atoms with van der Waals surface area (Å²) in [5.41, 5.74) is 1.29. The highest BCUT2D eigenvalue weighted by atomic mass is 35.5. The molecule has 1 heterocycles. The van der Waals surface area contributed by atoms with Crippen LogP contribution in [0, 0.1) is 17.1 Å². The van der Waals surface area contributed by atoms with Crippen molar-refractivity contribution in [3.8, 4) is 6.07 Å². The van der Waals surface area contributed by atoms with E-state index < -0.39 is 0 Å². The molecule has 17 heavy (non-hydrogen) atoms. The molecule has 0 saturated carbocycles. The van der Waals surface area contributed by atoms with E-state index in [0.717, 1.165) is 25.9 Å². The minimum atomic E-state index is -0.293. The molecule has 0 aliphatic carbocycles. The SMILES string of the molecule is N#CCc1cc(N2CCCCC2)c(F)cc1Cl. The Morgan fingerprint density at radius 3 is 2.65 bits per heavy atom. The van der Waals surface area contributed by atoms with Crippen molar-refractivity contribution in [1.82, 2.24) is 0 Å². The van der Waals surface area contributed by atoms with Crippen LogP contribution >= 0.6 is 11.6 Å². The van der Waals surface area contributed by atoms with Crippen molar-refractivity contribution in [1.29, 1.82) is 5.26 Å². The minimum Gasteiger partial charge on any atom is -0.369 e. The largest absolute Gasteiger partial charge is 0.369 e. The molecule has 1 aromatic carbocycles. The minimum absolute atomic E-state index is 0.222. The molecule has 1 fully saturated rings. The Labute approximate surface area is 106 Å². The second-order valence-corrected chi connectivity index (χ2v) is 4.68. The molecule has 1 aliphatic heterocycles. The predicted molar refractivity (Wildman–Crippen MR) is 66.8 cm³/mol. The van der Waals surface area contributed by atoms with Gasteiger partial charge in [-0.2, -0.15) is 5.26 Å². The highest BCUT2D eigenvalue weighted by Crippen LogP contribution is 2.29. The lowest BCUT2D eigenvalue weighted by Gasteiger charge is -2.29. The van der Waals surface area contributed by atoms with Gasteiger partial charge >= 0.3 is 0 Å². The first-order valence-electron chi connectivity index (χ1n) is 5.82. The Hall–Kier alpha value is -1.27. The molecule has 0 bridgehead atoms. The topological polar surface area (TPSA) is 27.0 Å². The Morgan fingerprint density at radius 2 is 2.00 bits per heavy atom. The Bertz CT molecular complexity index is 447. The molecule has 2 rings (SSSR count). The summed E-state index contributed by atoms with van der Waals surface area (Å²) < 4.78 is 13.8. The molecular formula is C13H14ClFN2. The van der Waals surface area contributed by atoms with E-state index in [1.165, 1.54) is 12.5 Å². The highest BCUT2D eigenvalue weighted by molar-refractivity contribution is 6.31. The monoisotopic (exact) mass is 252 g/mol. The third-order valence-corrected chi connectivity index (χ3v) is 3.43. The van der Waals surface area contributed by atoms with E-state index in [0.29, 0.717) is 16.3 Å². The quantitative estimate of drug-likeness (QED) is 0.805. The predicted octanol–water partition coefficient (Wildman–Crippen LogP) is 3.54. The van der Waals surface area contributed by atoms with Crippen molar-refractivity contribution in [3.05, 3.63) is 28.5 Å². The molecule has 0 radical (unpaired) electrons. The van der Waals surface area contributed by atoms with Gasteiger partial charge in [0.05, 0.1) is 18.2 Å². The van der Waals surface area contributed by atoms with E-state index in [9.17, 15) is 4.39 Å². The molecule has 0 amide bonds. The van der Waals surface area contributed by atoms with Crippen LogP contribution in [0.1, 0.15) is 24.8 Å². The summed E-state index contributed by atoms with van der Waals surface area (Å²) in [6.45, 7) is 1.76. The van der Waals surface area contributed by atoms with Crippen molar-refractivity contribution in [2.24, 2.45) is 0 Å². The molecule has 0 N–H and O–H groups in total. The fourth-order valence-corrected chi connectivity index (χ4v) is 2.40. The highest BCUT2D eigenvalue weighted by Gasteiger charge is 2.16. The zero-order chi connectivity index (χ0) is 12.3. The van der Waals surface area contributed by atoms with E-state index >= 15 is 0 Å². The third kappa shape index (κ3) is 2.70. The summed E-state index contributed by atoms with van der Waals surface area (Å²) in [6, 6.07) is 5.08. The number of anilines is 1. The summed E-state index contributed by atoms with van der Waals surface area (Å²) in [4.78, 5) is 2.04. The Balaban J connectivity index is 2.32. The molecule has 1 saturated heterocycles. The van der Waals surface area contributed by atoms with Crippen molar-refractivity contribution in [3.63, 3.8) is 0 Å². The molecule has 0 atom stereocenters. The van der Waals surface area contributed by atoms with Crippen LogP contribution < -0.4 is 4.90 Å². The summed E-state index contributed by atoms with van der Waals surface area (Å²) in [6.07, 6.45) is 3.61. The molecule has 1 aliphatic rings. The summed E-state index contributed by atoms with van der Waals surface area (Å²) in [5, 5.41) is 9.04. The number of rotatable bonds is 2. The second-order valence-electron chi connectivity index (χ2n) is 4.28. The molecule has 0 spiro atoms. The number of nitriles is 1. The van der Waals surface area contributed by atoms with Crippen LogP contribution in [0.4, 0.5) is 10.1 Å². The van der Waals surface area contributed by atoms with Crippen molar-refractivity contribution >= 4 is 17.3 Å². The average molecular weight is 253 g/mol. The first-order valence-corrected chi connectivity index (χ1v) is 6.20. The normalized spacial score (nSPS) is 15.7. The van der Waals surface area contributed by atoms with Crippen LogP contribution in [0.25, 0.3) is 0 Å². The molecular weight excluding hydrogens is 239 g/mol. The average Bonchev–Trinajstić information content (AvgIpc) is 2.34. The lowest BCUT2D eigenvalue weighted by atomic mass is 10.1. The lowest BCUT2D eigenvalue weighted by molar-refractivity contribution is 0.556. The zero-order valence-corrected chi connectivity index (χ0v) is 10.3. The first kappa shape index (κ1) is 12.2. The molecule has 1 aromatic rings. The van der Waals surface area contributed by atoms with Gasteiger partial charge in [0.15, 0.2) is 0 Å². The number of piperidine rings is 1. The molecule has 90 valence electrons. The smallest absolute Gasteiger partial charge is 0.147 e. The van der Waals surface area contributed by atoms with Gasteiger partial charge in [-0.25, -0.2) is 4.39 Å². The van der Waals surface area contributed by atoms with Gasteiger partial charge in [0.25, 0.3) is 0 Å². The third-order valence-electron chi connectivity index (χ3n) is 3.08. The van der Waals surface area contributed by atoms with Gasteiger partial charge in [0.2, 0.25) is 0 Å². The molecule has 0 aromatic heterocycles. The van der Waals surface area contributed by atoms with E-state index in [1.807, 2.05) is 11.0 Å². The number of hydrogen-bond acceptors (Lipinski definition) is 2. The summed E-state index contributed by atoms with van der Waals surface area (Å²) in [7, 11) is 0. The molecule has 0 unspecified atom stereocenters. The van der Waals surface area contributed by atoms with Crippen LogP contribution in [0.15, 0.2) is 12.1 Å². The van der Waals surface area contributed by atoms with Gasteiger partial charge in [0.1, 0.15) is 5.82 Å². The van der Waals surface area contributed by atoms with Crippen LogP contribution in [0.5, 0.6) is 0 Å². The number of halogens is 2. The van der Waals surface area contributed by atoms with E-state index in [2.05, 4.69) is 0 Å². The number of benzene rings is 1. The number of nitrogens with zero attached hydrogens (tertiary/aromatic N) is 2. The number of hydrogen-bond donors (Lipinski definition) is 0. The van der Waals surface area contributed by atoms with Gasteiger partial charge in [-0.1, -0.05) is 11.6 Å².